The van der Waals surface area contributed by atoms with Gasteiger partial charge in [0.05, 0.1) is 18.6 Å². The van der Waals surface area contributed by atoms with Crippen molar-refractivity contribution >= 4 is 0 Å². The fourth-order valence-corrected chi connectivity index (χ4v) is 1.18. The molecular weight excluding hydrogens is 164 g/mol. The van der Waals surface area contributed by atoms with Crippen molar-refractivity contribution in [3.63, 3.8) is 0 Å². The van der Waals surface area contributed by atoms with Crippen LogP contribution in [0.25, 0.3) is 0 Å². The number of rotatable bonds is 5. The van der Waals surface area contributed by atoms with Crippen LogP contribution in [0.5, 0.6) is 0 Å². The Balaban J connectivity index is 2.32. The highest BCUT2D eigenvalue weighted by molar-refractivity contribution is 5.08. The lowest BCUT2D eigenvalue weighted by Crippen LogP contribution is -2.06. The van der Waals surface area contributed by atoms with Gasteiger partial charge < -0.3 is 9.30 Å². The summed E-state index contributed by atoms with van der Waals surface area (Å²) in [6.07, 6.45) is 2.96. The maximum Gasteiger partial charge on any atom is 0.0952 e. The van der Waals surface area contributed by atoms with E-state index >= 15 is 0 Å². The molecule has 1 aromatic rings. The molecule has 0 unspecified atom stereocenters. The molecule has 0 amide bonds. The molecule has 0 N–H and O–H groups in total. The molecule has 1 rings (SSSR count). The van der Waals surface area contributed by atoms with Crippen LogP contribution in [-0.2, 0) is 11.3 Å². The van der Waals surface area contributed by atoms with E-state index in [0.29, 0.717) is 0 Å². The Hall–Kier alpha value is -0.830. The second-order valence-electron chi connectivity index (χ2n) is 3.22. The van der Waals surface area contributed by atoms with Crippen LogP contribution in [0.4, 0.5) is 0 Å². The van der Waals surface area contributed by atoms with Crippen molar-refractivity contribution in [2.24, 2.45) is 0 Å². The van der Waals surface area contributed by atoms with Crippen molar-refractivity contribution in [3.8, 4) is 0 Å². The third-order valence-electron chi connectivity index (χ3n) is 2.17. The van der Waals surface area contributed by atoms with E-state index in [4.69, 9.17) is 4.74 Å². The van der Waals surface area contributed by atoms with Gasteiger partial charge in [-0.1, -0.05) is 6.92 Å². The normalized spacial score (nSPS) is 10.7. The lowest BCUT2D eigenvalue weighted by atomic mass is 10.4. The average molecular weight is 182 g/mol. The van der Waals surface area contributed by atoms with E-state index in [9.17, 15) is 0 Å². The van der Waals surface area contributed by atoms with E-state index < -0.39 is 0 Å². The van der Waals surface area contributed by atoms with E-state index in [0.717, 1.165) is 31.9 Å². The SMILES string of the molecule is CCCOCCn1cnc(C)c1C. The minimum absolute atomic E-state index is 0.782. The van der Waals surface area contributed by atoms with Gasteiger partial charge in [0.1, 0.15) is 0 Å². The molecule has 0 aliphatic heterocycles. The van der Waals surface area contributed by atoms with Gasteiger partial charge >= 0.3 is 0 Å². The molecule has 0 atom stereocenters. The summed E-state index contributed by atoms with van der Waals surface area (Å²) in [7, 11) is 0. The predicted molar refractivity (Wildman–Crippen MR) is 52.8 cm³/mol. The topological polar surface area (TPSA) is 27.1 Å². The smallest absolute Gasteiger partial charge is 0.0952 e. The molecule has 74 valence electrons. The molecule has 3 heteroatoms. The summed E-state index contributed by atoms with van der Waals surface area (Å²) in [4.78, 5) is 4.22. The summed E-state index contributed by atoms with van der Waals surface area (Å²) in [6.45, 7) is 8.78. The van der Waals surface area contributed by atoms with Gasteiger partial charge in [-0.15, -0.1) is 0 Å². The first-order chi connectivity index (χ1) is 6.25. The van der Waals surface area contributed by atoms with Crippen LogP contribution in [0, 0.1) is 13.8 Å². The molecule has 0 bridgehead atoms. The third kappa shape index (κ3) is 2.84. The fourth-order valence-electron chi connectivity index (χ4n) is 1.18. The molecule has 0 aliphatic rings. The van der Waals surface area contributed by atoms with Gasteiger partial charge in [-0.3, -0.25) is 0 Å². The number of aryl methyl sites for hydroxylation is 1. The zero-order valence-electron chi connectivity index (χ0n) is 8.71. The Kier molecular flexibility index (Phi) is 3.96. The Morgan fingerprint density at radius 2 is 2.15 bits per heavy atom. The molecule has 0 fully saturated rings. The molecule has 0 spiro atoms. The zero-order valence-corrected chi connectivity index (χ0v) is 8.71. The van der Waals surface area contributed by atoms with Crippen molar-refractivity contribution in [3.05, 3.63) is 17.7 Å². The van der Waals surface area contributed by atoms with Crippen molar-refractivity contribution in [2.45, 2.75) is 33.7 Å². The fraction of sp³-hybridized carbons (Fsp3) is 0.700. The van der Waals surface area contributed by atoms with Crippen LogP contribution >= 0.6 is 0 Å². The van der Waals surface area contributed by atoms with Crippen LogP contribution in [0.1, 0.15) is 24.7 Å². The summed E-state index contributed by atoms with van der Waals surface area (Å²) in [6, 6.07) is 0. The van der Waals surface area contributed by atoms with Crippen molar-refractivity contribution in [1.29, 1.82) is 0 Å². The maximum atomic E-state index is 5.40. The summed E-state index contributed by atoms with van der Waals surface area (Å²) in [5, 5.41) is 0. The Morgan fingerprint density at radius 1 is 1.38 bits per heavy atom. The summed E-state index contributed by atoms with van der Waals surface area (Å²) >= 11 is 0. The highest BCUT2D eigenvalue weighted by atomic mass is 16.5. The molecule has 1 heterocycles. The first kappa shape index (κ1) is 10.3. The standard InChI is InChI=1S/C10H18N2O/c1-4-6-13-7-5-12-8-11-9(2)10(12)3/h8H,4-7H2,1-3H3. The lowest BCUT2D eigenvalue weighted by Gasteiger charge is -2.05. The lowest BCUT2D eigenvalue weighted by molar-refractivity contribution is 0.126. The van der Waals surface area contributed by atoms with E-state index in [-0.39, 0.29) is 0 Å². The van der Waals surface area contributed by atoms with Crippen molar-refractivity contribution < 1.29 is 4.74 Å². The van der Waals surface area contributed by atoms with Crippen molar-refractivity contribution in [1.82, 2.24) is 9.55 Å². The highest BCUT2D eigenvalue weighted by Crippen LogP contribution is 2.03. The Bertz CT molecular complexity index is 255. The first-order valence-electron chi connectivity index (χ1n) is 4.81. The summed E-state index contributed by atoms with van der Waals surface area (Å²) in [5.74, 6) is 0. The van der Waals surface area contributed by atoms with E-state index in [1.165, 1.54) is 5.69 Å². The highest BCUT2D eigenvalue weighted by Gasteiger charge is 2.00. The minimum atomic E-state index is 0.782. The molecule has 0 aromatic carbocycles. The third-order valence-corrected chi connectivity index (χ3v) is 2.17. The monoisotopic (exact) mass is 182 g/mol. The second-order valence-corrected chi connectivity index (χ2v) is 3.22. The molecule has 13 heavy (non-hydrogen) atoms. The van der Waals surface area contributed by atoms with Gasteiger partial charge in [-0.2, -0.15) is 0 Å². The number of hydrogen-bond donors (Lipinski definition) is 0. The molecule has 0 saturated carbocycles. The van der Waals surface area contributed by atoms with Crippen LogP contribution in [-0.4, -0.2) is 22.8 Å². The van der Waals surface area contributed by atoms with E-state index in [1.54, 1.807) is 0 Å². The number of ether oxygens (including phenoxy) is 1. The number of imidazole rings is 1. The zero-order chi connectivity index (χ0) is 9.68. The molecular formula is C10H18N2O. The van der Waals surface area contributed by atoms with Crippen molar-refractivity contribution in [2.75, 3.05) is 13.2 Å². The molecule has 1 aromatic heterocycles. The van der Waals surface area contributed by atoms with Crippen LogP contribution < -0.4 is 0 Å². The van der Waals surface area contributed by atoms with Gasteiger partial charge in [0.25, 0.3) is 0 Å². The van der Waals surface area contributed by atoms with Crippen LogP contribution in [0.2, 0.25) is 0 Å². The van der Waals surface area contributed by atoms with Gasteiger partial charge in [0.15, 0.2) is 0 Å². The molecule has 0 saturated heterocycles. The predicted octanol–water partition coefficient (Wildman–Crippen LogP) is 1.93. The largest absolute Gasteiger partial charge is 0.380 e. The molecule has 0 radical (unpaired) electrons. The second kappa shape index (κ2) is 5.02. The van der Waals surface area contributed by atoms with Gasteiger partial charge in [0.2, 0.25) is 0 Å². The quantitative estimate of drug-likeness (QED) is 0.650. The average Bonchev–Trinajstić information content (AvgIpc) is 2.43. The van der Waals surface area contributed by atoms with E-state index in [1.807, 2.05) is 13.3 Å². The Morgan fingerprint density at radius 3 is 2.69 bits per heavy atom. The van der Waals surface area contributed by atoms with Crippen LogP contribution in [0.15, 0.2) is 6.33 Å². The maximum absolute atomic E-state index is 5.40. The number of nitrogens with zero attached hydrogens (tertiary/aromatic N) is 2. The number of aromatic nitrogens is 2. The summed E-state index contributed by atoms with van der Waals surface area (Å²) < 4.78 is 7.53. The molecule has 0 aliphatic carbocycles. The number of hydrogen-bond acceptors (Lipinski definition) is 2. The summed E-state index contributed by atoms with van der Waals surface area (Å²) in [5.41, 5.74) is 2.34. The van der Waals surface area contributed by atoms with Gasteiger partial charge in [-0.25, -0.2) is 4.98 Å². The first-order valence-corrected chi connectivity index (χ1v) is 4.81. The molecule has 3 nitrogen and oxygen atoms in total. The minimum Gasteiger partial charge on any atom is -0.380 e. The van der Waals surface area contributed by atoms with Gasteiger partial charge in [-0.05, 0) is 20.3 Å². The van der Waals surface area contributed by atoms with Gasteiger partial charge in [0, 0.05) is 18.8 Å². The van der Waals surface area contributed by atoms with E-state index in [2.05, 4.69) is 23.4 Å². The van der Waals surface area contributed by atoms with Crippen LogP contribution in [0.3, 0.4) is 0 Å². The Labute approximate surface area is 79.7 Å².